The van der Waals surface area contributed by atoms with Crippen molar-refractivity contribution in [3.8, 4) is 11.5 Å². The topological polar surface area (TPSA) is 40.5 Å². The van der Waals surface area contributed by atoms with Crippen LogP contribution < -0.4 is 0 Å². The fraction of sp³-hybridized carbons (Fsp3) is 0. The molecule has 1 aromatic rings. The fourth-order valence-corrected chi connectivity index (χ4v) is 0.572. The van der Waals surface area contributed by atoms with Crippen LogP contribution in [0.2, 0.25) is 0 Å². The summed E-state index contributed by atoms with van der Waals surface area (Å²) >= 11 is 0. The van der Waals surface area contributed by atoms with Gasteiger partial charge >= 0.3 is 0 Å². The van der Waals surface area contributed by atoms with Crippen LogP contribution in [-0.2, 0) is 0 Å². The van der Waals surface area contributed by atoms with Crippen LogP contribution in [0.3, 0.4) is 0 Å². The molecule has 0 atom stereocenters. The molecule has 2 nitrogen and oxygen atoms in total. The largest absolute Gasteiger partial charge is 0.508 e. The highest BCUT2D eigenvalue weighted by Gasteiger charge is 1.93. The minimum absolute atomic E-state index is 0.104. The number of aromatic hydroxyl groups is 2. The summed E-state index contributed by atoms with van der Waals surface area (Å²) in [7, 11) is 0. The third-order valence-electron chi connectivity index (χ3n) is 1.06. The Morgan fingerprint density at radius 2 is 1.89 bits per heavy atom. The third kappa shape index (κ3) is 1.13. The van der Waals surface area contributed by atoms with Gasteiger partial charge in [0.15, 0.2) is 0 Å². The SMILES string of the molecule is [CH2]c1cc(O)ccc1O. The highest BCUT2D eigenvalue weighted by molar-refractivity contribution is 5.39. The summed E-state index contributed by atoms with van der Waals surface area (Å²) in [5.74, 6) is 0.227. The highest BCUT2D eigenvalue weighted by Crippen LogP contribution is 2.19. The molecule has 0 aliphatic rings. The average Bonchev–Trinajstić information content (AvgIpc) is 1.80. The van der Waals surface area contributed by atoms with Gasteiger partial charge in [-0.05, 0) is 30.7 Å². The van der Waals surface area contributed by atoms with Crippen LogP contribution in [-0.4, -0.2) is 10.2 Å². The van der Waals surface area contributed by atoms with Crippen LogP contribution in [0.5, 0.6) is 11.5 Å². The average molecular weight is 123 g/mol. The van der Waals surface area contributed by atoms with Crippen LogP contribution in [0.1, 0.15) is 5.56 Å². The lowest BCUT2D eigenvalue weighted by molar-refractivity contribution is 0.458. The molecule has 0 saturated heterocycles. The van der Waals surface area contributed by atoms with E-state index in [1.165, 1.54) is 18.2 Å². The Balaban J connectivity index is 3.17. The summed E-state index contributed by atoms with van der Waals surface area (Å²) in [6, 6.07) is 4.21. The smallest absolute Gasteiger partial charge is 0.119 e. The minimum atomic E-state index is 0.104. The molecule has 2 heteroatoms. The molecule has 1 rings (SSSR count). The maximum absolute atomic E-state index is 8.87. The molecule has 0 amide bonds. The van der Waals surface area contributed by atoms with E-state index in [2.05, 4.69) is 6.92 Å². The highest BCUT2D eigenvalue weighted by atomic mass is 16.3. The van der Waals surface area contributed by atoms with Gasteiger partial charge in [0.2, 0.25) is 0 Å². The van der Waals surface area contributed by atoms with Gasteiger partial charge in [0.05, 0.1) is 0 Å². The van der Waals surface area contributed by atoms with E-state index in [-0.39, 0.29) is 11.5 Å². The van der Waals surface area contributed by atoms with Crippen molar-refractivity contribution in [2.45, 2.75) is 0 Å². The second-order valence-electron chi connectivity index (χ2n) is 1.81. The molecule has 47 valence electrons. The van der Waals surface area contributed by atoms with Gasteiger partial charge in [-0.25, -0.2) is 0 Å². The zero-order chi connectivity index (χ0) is 6.85. The Hall–Kier alpha value is -1.18. The number of hydrogen-bond acceptors (Lipinski definition) is 2. The van der Waals surface area contributed by atoms with E-state index in [0.717, 1.165) is 0 Å². The Morgan fingerprint density at radius 1 is 1.22 bits per heavy atom. The lowest BCUT2D eigenvalue weighted by Gasteiger charge is -1.96. The van der Waals surface area contributed by atoms with Gasteiger partial charge in [-0.2, -0.15) is 0 Å². The lowest BCUT2D eigenvalue weighted by atomic mass is 10.2. The molecular weight excluding hydrogens is 116 g/mol. The molecule has 1 radical (unpaired) electrons. The Kier molecular flexibility index (Phi) is 1.30. The number of benzene rings is 1. The van der Waals surface area contributed by atoms with Gasteiger partial charge in [-0.15, -0.1) is 0 Å². The second-order valence-corrected chi connectivity index (χ2v) is 1.81. The summed E-state index contributed by atoms with van der Waals surface area (Å²) < 4.78 is 0. The molecule has 0 aliphatic carbocycles. The molecule has 0 aromatic heterocycles. The van der Waals surface area contributed by atoms with Gasteiger partial charge < -0.3 is 10.2 Å². The second kappa shape index (κ2) is 1.97. The summed E-state index contributed by atoms with van der Waals surface area (Å²) in [6.45, 7) is 3.47. The third-order valence-corrected chi connectivity index (χ3v) is 1.06. The summed E-state index contributed by atoms with van der Waals surface area (Å²) in [6.07, 6.45) is 0. The van der Waals surface area contributed by atoms with Crippen LogP contribution in [0.25, 0.3) is 0 Å². The first kappa shape index (κ1) is 5.95. The molecule has 0 unspecified atom stereocenters. The fourth-order valence-electron chi connectivity index (χ4n) is 0.572. The predicted octanol–water partition coefficient (Wildman–Crippen LogP) is 1.28. The summed E-state index contributed by atoms with van der Waals surface area (Å²) in [4.78, 5) is 0. The first-order valence-corrected chi connectivity index (χ1v) is 2.54. The van der Waals surface area contributed by atoms with Gasteiger partial charge in [-0.3, -0.25) is 0 Å². The van der Waals surface area contributed by atoms with Crippen LogP contribution in [0, 0.1) is 6.92 Å². The van der Waals surface area contributed by atoms with E-state index in [4.69, 9.17) is 10.2 Å². The number of hydrogen-bond donors (Lipinski definition) is 2. The van der Waals surface area contributed by atoms with Crippen molar-refractivity contribution in [2.24, 2.45) is 0 Å². The molecule has 0 saturated carbocycles. The van der Waals surface area contributed by atoms with Crippen molar-refractivity contribution >= 4 is 0 Å². The maximum atomic E-state index is 8.87. The molecule has 0 heterocycles. The number of phenolic OH excluding ortho intramolecular Hbond substituents is 2. The van der Waals surface area contributed by atoms with Gasteiger partial charge in [0, 0.05) is 0 Å². The standard InChI is InChI=1S/C7H7O2/c1-5-4-6(8)2-3-7(5)9/h2-4,8-9H,1H2. The Morgan fingerprint density at radius 3 is 2.33 bits per heavy atom. The van der Waals surface area contributed by atoms with Gasteiger partial charge in [0.25, 0.3) is 0 Å². The van der Waals surface area contributed by atoms with Crippen molar-refractivity contribution < 1.29 is 10.2 Å². The van der Waals surface area contributed by atoms with Gasteiger partial charge in [-0.1, -0.05) is 0 Å². The molecule has 9 heavy (non-hydrogen) atoms. The molecule has 0 spiro atoms. The van der Waals surface area contributed by atoms with Crippen molar-refractivity contribution in [3.63, 3.8) is 0 Å². The van der Waals surface area contributed by atoms with E-state index in [0.29, 0.717) is 5.56 Å². The molecule has 0 fully saturated rings. The van der Waals surface area contributed by atoms with Crippen molar-refractivity contribution in [3.05, 3.63) is 30.7 Å². The van der Waals surface area contributed by atoms with Crippen LogP contribution >= 0.6 is 0 Å². The summed E-state index contributed by atoms with van der Waals surface area (Å²) in [5.41, 5.74) is 0.440. The minimum Gasteiger partial charge on any atom is -0.508 e. The van der Waals surface area contributed by atoms with E-state index in [9.17, 15) is 0 Å². The van der Waals surface area contributed by atoms with E-state index >= 15 is 0 Å². The zero-order valence-electron chi connectivity index (χ0n) is 4.83. The molecular formula is C7H7O2. The normalized spacial score (nSPS) is 9.44. The number of phenols is 2. The molecule has 2 N–H and O–H groups in total. The Bertz CT molecular complexity index is 218. The quantitative estimate of drug-likeness (QED) is 0.510. The lowest BCUT2D eigenvalue weighted by Crippen LogP contribution is -1.71. The molecule has 0 aliphatic heterocycles. The molecule has 1 aromatic carbocycles. The molecule has 0 bridgehead atoms. The van der Waals surface area contributed by atoms with E-state index in [1.807, 2.05) is 0 Å². The first-order chi connectivity index (χ1) is 4.20. The van der Waals surface area contributed by atoms with Crippen LogP contribution in [0.15, 0.2) is 18.2 Å². The monoisotopic (exact) mass is 123 g/mol. The van der Waals surface area contributed by atoms with Crippen molar-refractivity contribution in [1.82, 2.24) is 0 Å². The van der Waals surface area contributed by atoms with Crippen molar-refractivity contribution in [2.75, 3.05) is 0 Å². The number of rotatable bonds is 0. The summed E-state index contributed by atoms with van der Waals surface area (Å²) in [5, 5.41) is 17.7. The Labute approximate surface area is 53.4 Å². The van der Waals surface area contributed by atoms with E-state index < -0.39 is 0 Å². The predicted molar refractivity (Wildman–Crippen MR) is 34.2 cm³/mol. The van der Waals surface area contributed by atoms with Gasteiger partial charge in [0.1, 0.15) is 11.5 Å². The van der Waals surface area contributed by atoms with E-state index in [1.54, 1.807) is 0 Å². The first-order valence-electron chi connectivity index (χ1n) is 2.54. The zero-order valence-corrected chi connectivity index (χ0v) is 4.83. The van der Waals surface area contributed by atoms with Crippen LogP contribution in [0.4, 0.5) is 0 Å². The maximum Gasteiger partial charge on any atom is 0.119 e. The van der Waals surface area contributed by atoms with Crippen molar-refractivity contribution in [1.29, 1.82) is 0 Å².